The van der Waals surface area contributed by atoms with Crippen molar-refractivity contribution in [3.8, 4) is 0 Å². The van der Waals surface area contributed by atoms with Crippen molar-refractivity contribution in [3.63, 3.8) is 0 Å². The molecule has 0 spiro atoms. The van der Waals surface area contributed by atoms with Crippen molar-refractivity contribution in [1.29, 1.82) is 0 Å². The standard InChI is InChI=1S/C14H12N2O/c17-11-16-14-7-2-1-5-12(14)8-9-13-6-3-4-10-15-13/h1-7,10H,8-9H2. The molecule has 0 aliphatic rings. The van der Waals surface area contributed by atoms with E-state index in [0.29, 0.717) is 5.69 Å². The number of rotatable bonds is 4. The van der Waals surface area contributed by atoms with Gasteiger partial charge in [0.15, 0.2) is 0 Å². The van der Waals surface area contributed by atoms with Crippen LogP contribution in [-0.4, -0.2) is 11.1 Å². The third kappa shape index (κ3) is 3.10. The molecule has 84 valence electrons. The number of nitrogens with zero attached hydrogens (tertiary/aromatic N) is 2. The summed E-state index contributed by atoms with van der Waals surface area (Å²) in [6, 6.07) is 13.5. The summed E-state index contributed by atoms with van der Waals surface area (Å²) >= 11 is 0. The molecule has 0 aliphatic carbocycles. The molecule has 2 rings (SSSR count). The molecule has 0 saturated carbocycles. The largest absolute Gasteiger partial charge is 0.261 e. The molecule has 0 unspecified atom stereocenters. The van der Waals surface area contributed by atoms with Crippen molar-refractivity contribution in [2.24, 2.45) is 4.99 Å². The van der Waals surface area contributed by atoms with Crippen LogP contribution < -0.4 is 0 Å². The number of hydrogen-bond acceptors (Lipinski definition) is 3. The lowest BCUT2D eigenvalue weighted by molar-refractivity contribution is 0.565. The van der Waals surface area contributed by atoms with Gasteiger partial charge in [-0.3, -0.25) is 4.98 Å². The minimum absolute atomic E-state index is 0.693. The van der Waals surface area contributed by atoms with Crippen LogP contribution in [-0.2, 0) is 17.6 Å². The van der Waals surface area contributed by atoms with Crippen LogP contribution in [0.3, 0.4) is 0 Å². The molecule has 0 amide bonds. The molecule has 1 aromatic heterocycles. The van der Waals surface area contributed by atoms with Gasteiger partial charge in [0.1, 0.15) is 0 Å². The van der Waals surface area contributed by atoms with Crippen LogP contribution in [0.5, 0.6) is 0 Å². The summed E-state index contributed by atoms with van der Waals surface area (Å²) in [4.78, 5) is 18.3. The van der Waals surface area contributed by atoms with E-state index in [4.69, 9.17) is 0 Å². The predicted octanol–water partition coefficient (Wildman–Crippen LogP) is 2.83. The Kier molecular flexibility index (Phi) is 3.79. The smallest absolute Gasteiger partial charge is 0.240 e. The molecule has 17 heavy (non-hydrogen) atoms. The average molecular weight is 224 g/mol. The maximum atomic E-state index is 10.3. The molecule has 0 atom stereocenters. The fourth-order valence-corrected chi connectivity index (χ4v) is 1.69. The van der Waals surface area contributed by atoms with E-state index in [1.807, 2.05) is 42.5 Å². The molecule has 3 nitrogen and oxygen atoms in total. The molecular formula is C14H12N2O. The second-order valence-electron chi connectivity index (χ2n) is 3.65. The van der Waals surface area contributed by atoms with Crippen LogP contribution >= 0.6 is 0 Å². The van der Waals surface area contributed by atoms with Crippen LogP contribution in [0.15, 0.2) is 53.7 Å². The van der Waals surface area contributed by atoms with Crippen LogP contribution in [0.25, 0.3) is 0 Å². The Morgan fingerprint density at radius 1 is 1.06 bits per heavy atom. The third-order valence-corrected chi connectivity index (χ3v) is 2.53. The molecule has 1 heterocycles. The maximum Gasteiger partial charge on any atom is 0.240 e. The van der Waals surface area contributed by atoms with Gasteiger partial charge in [-0.15, -0.1) is 0 Å². The molecule has 3 heteroatoms. The lowest BCUT2D eigenvalue weighted by atomic mass is 10.1. The monoisotopic (exact) mass is 224 g/mol. The summed E-state index contributed by atoms with van der Waals surface area (Å²) in [5, 5.41) is 0. The molecule has 0 aliphatic heterocycles. The van der Waals surface area contributed by atoms with Gasteiger partial charge in [-0.25, -0.2) is 4.79 Å². The van der Waals surface area contributed by atoms with E-state index in [1.165, 1.54) is 0 Å². The minimum Gasteiger partial charge on any atom is -0.261 e. The molecule has 0 saturated heterocycles. The zero-order valence-electron chi connectivity index (χ0n) is 9.34. The third-order valence-electron chi connectivity index (χ3n) is 2.53. The normalized spacial score (nSPS) is 9.65. The van der Waals surface area contributed by atoms with Crippen LogP contribution in [0.2, 0.25) is 0 Å². The van der Waals surface area contributed by atoms with E-state index in [1.54, 1.807) is 12.3 Å². The highest BCUT2D eigenvalue weighted by molar-refractivity contribution is 5.53. The quantitative estimate of drug-likeness (QED) is 0.592. The van der Waals surface area contributed by atoms with Gasteiger partial charge in [-0.2, -0.15) is 4.99 Å². The van der Waals surface area contributed by atoms with Crippen molar-refractivity contribution < 1.29 is 4.79 Å². The summed E-state index contributed by atoms with van der Waals surface area (Å²) in [6.45, 7) is 0. The first kappa shape index (κ1) is 11.2. The molecule has 0 bridgehead atoms. The number of aliphatic imine (C=N–C) groups is 1. The summed E-state index contributed by atoms with van der Waals surface area (Å²) in [7, 11) is 0. The van der Waals surface area contributed by atoms with Crippen molar-refractivity contribution in [2.75, 3.05) is 0 Å². The SMILES string of the molecule is O=C=Nc1ccccc1CCc1ccccn1. The van der Waals surface area contributed by atoms with E-state index in [2.05, 4.69) is 9.98 Å². The lowest BCUT2D eigenvalue weighted by Crippen LogP contribution is -1.93. The highest BCUT2D eigenvalue weighted by atomic mass is 16.1. The number of isocyanates is 1. The predicted molar refractivity (Wildman–Crippen MR) is 65.9 cm³/mol. The van der Waals surface area contributed by atoms with Gasteiger partial charge in [0.05, 0.1) is 5.69 Å². The van der Waals surface area contributed by atoms with Crippen molar-refractivity contribution in [1.82, 2.24) is 4.98 Å². The van der Waals surface area contributed by atoms with Crippen molar-refractivity contribution in [2.45, 2.75) is 12.8 Å². The van der Waals surface area contributed by atoms with Crippen LogP contribution in [0.4, 0.5) is 5.69 Å². The Balaban J connectivity index is 2.11. The van der Waals surface area contributed by atoms with Gasteiger partial charge in [0.2, 0.25) is 6.08 Å². The fourth-order valence-electron chi connectivity index (χ4n) is 1.69. The van der Waals surface area contributed by atoms with Gasteiger partial charge in [0.25, 0.3) is 0 Å². The minimum atomic E-state index is 0.693. The zero-order chi connectivity index (χ0) is 11.9. The molecule has 0 fully saturated rings. The Bertz CT molecular complexity index is 531. The Morgan fingerprint density at radius 3 is 2.65 bits per heavy atom. The lowest BCUT2D eigenvalue weighted by Gasteiger charge is -2.03. The topological polar surface area (TPSA) is 42.3 Å². The van der Waals surface area contributed by atoms with E-state index >= 15 is 0 Å². The summed E-state index contributed by atoms with van der Waals surface area (Å²) < 4.78 is 0. The van der Waals surface area contributed by atoms with E-state index in [9.17, 15) is 4.79 Å². The first-order chi connectivity index (χ1) is 8.40. The van der Waals surface area contributed by atoms with Crippen LogP contribution in [0.1, 0.15) is 11.3 Å². The number of carbonyl (C=O) groups excluding carboxylic acids is 1. The van der Waals surface area contributed by atoms with E-state index in [-0.39, 0.29) is 0 Å². The highest BCUT2D eigenvalue weighted by Gasteiger charge is 2.01. The number of para-hydroxylation sites is 1. The van der Waals surface area contributed by atoms with Gasteiger partial charge < -0.3 is 0 Å². The van der Waals surface area contributed by atoms with E-state index in [0.717, 1.165) is 24.1 Å². The number of pyridine rings is 1. The summed E-state index contributed by atoms with van der Waals surface area (Å²) in [5.74, 6) is 0. The maximum absolute atomic E-state index is 10.3. The number of aryl methyl sites for hydroxylation is 2. The average Bonchev–Trinajstić information content (AvgIpc) is 2.39. The second-order valence-corrected chi connectivity index (χ2v) is 3.65. The number of hydrogen-bond donors (Lipinski definition) is 0. The Labute approximate surface area is 99.9 Å². The van der Waals surface area contributed by atoms with Gasteiger partial charge in [-0.1, -0.05) is 24.3 Å². The van der Waals surface area contributed by atoms with Gasteiger partial charge in [-0.05, 0) is 36.6 Å². The molecular weight excluding hydrogens is 212 g/mol. The number of aromatic nitrogens is 1. The zero-order valence-corrected chi connectivity index (χ0v) is 9.34. The Morgan fingerprint density at radius 2 is 1.88 bits per heavy atom. The van der Waals surface area contributed by atoms with Crippen LogP contribution in [0, 0.1) is 0 Å². The summed E-state index contributed by atoms with van der Waals surface area (Å²) in [5.41, 5.74) is 2.78. The summed E-state index contributed by atoms with van der Waals surface area (Å²) in [6.07, 6.45) is 5.02. The van der Waals surface area contributed by atoms with Gasteiger partial charge in [0, 0.05) is 11.9 Å². The van der Waals surface area contributed by atoms with Crippen molar-refractivity contribution >= 4 is 11.8 Å². The second kappa shape index (κ2) is 5.73. The first-order valence-corrected chi connectivity index (χ1v) is 5.46. The highest BCUT2D eigenvalue weighted by Crippen LogP contribution is 2.19. The first-order valence-electron chi connectivity index (χ1n) is 5.46. The van der Waals surface area contributed by atoms with Crippen molar-refractivity contribution in [3.05, 3.63) is 59.9 Å². The Hall–Kier alpha value is -2.25. The van der Waals surface area contributed by atoms with Gasteiger partial charge >= 0.3 is 0 Å². The molecule has 1 aromatic carbocycles. The molecule has 2 aromatic rings. The number of benzene rings is 1. The fraction of sp³-hybridized carbons (Fsp3) is 0.143. The van der Waals surface area contributed by atoms with E-state index < -0.39 is 0 Å². The molecule has 0 N–H and O–H groups in total. The molecule has 0 radical (unpaired) electrons.